The lowest BCUT2D eigenvalue weighted by Gasteiger charge is -2.18. The average molecular weight is 468 g/mol. The third kappa shape index (κ3) is 4.85. The van der Waals surface area contributed by atoms with Gasteiger partial charge in [0.1, 0.15) is 0 Å². The Morgan fingerprint density at radius 1 is 0.853 bits per heavy atom. The topological polar surface area (TPSA) is 83.5 Å². The third-order valence-electron chi connectivity index (χ3n) is 5.69. The molecule has 0 atom stereocenters. The molecule has 0 spiro atoms. The number of rotatable bonds is 9. The first-order valence-electron chi connectivity index (χ1n) is 10.6. The van der Waals surface area contributed by atoms with Crippen molar-refractivity contribution in [3.8, 4) is 23.0 Å². The van der Waals surface area contributed by atoms with Gasteiger partial charge in [-0.25, -0.2) is 4.79 Å². The van der Waals surface area contributed by atoms with Crippen LogP contribution in [0.4, 0.5) is 0 Å². The number of amides is 1. The quantitative estimate of drug-likeness (QED) is 0.411. The highest BCUT2D eigenvalue weighted by Gasteiger charge is 2.36. The highest BCUT2D eigenvalue weighted by Crippen LogP contribution is 2.34. The Balaban J connectivity index is 1.92. The first-order valence-corrected chi connectivity index (χ1v) is 10.6. The predicted octanol–water partition coefficient (Wildman–Crippen LogP) is 3.64. The van der Waals surface area contributed by atoms with Crippen molar-refractivity contribution in [2.24, 2.45) is 0 Å². The highest BCUT2D eigenvalue weighted by molar-refractivity contribution is 6.16. The van der Waals surface area contributed by atoms with Crippen molar-refractivity contribution in [1.29, 1.82) is 0 Å². The molecule has 0 N–H and O–H groups in total. The molecule has 0 radical (unpaired) electrons. The lowest BCUT2D eigenvalue weighted by Crippen LogP contribution is -2.27. The fraction of sp³-hybridized carbons (Fsp3) is 0.308. The van der Waals surface area contributed by atoms with E-state index in [1.165, 1.54) is 14.2 Å². The van der Waals surface area contributed by atoms with Crippen molar-refractivity contribution < 1.29 is 33.3 Å². The van der Waals surface area contributed by atoms with E-state index in [0.29, 0.717) is 47.2 Å². The second-order valence-corrected chi connectivity index (χ2v) is 7.52. The van der Waals surface area contributed by atoms with Crippen LogP contribution < -0.4 is 18.9 Å². The number of allylic oxidation sites excluding steroid dienone is 1. The molecule has 1 aliphatic rings. The first kappa shape index (κ1) is 24.7. The Kier molecular flexibility index (Phi) is 7.83. The van der Waals surface area contributed by atoms with Crippen molar-refractivity contribution in [2.45, 2.75) is 13.3 Å². The van der Waals surface area contributed by atoms with Crippen LogP contribution in [0.3, 0.4) is 0 Å². The number of hydrogen-bond acceptors (Lipinski definition) is 7. The molecule has 0 aliphatic carbocycles. The van der Waals surface area contributed by atoms with Gasteiger partial charge in [0.15, 0.2) is 23.0 Å². The van der Waals surface area contributed by atoms with Gasteiger partial charge in [-0.1, -0.05) is 12.1 Å². The van der Waals surface area contributed by atoms with Gasteiger partial charge in [0.2, 0.25) is 0 Å². The van der Waals surface area contributed by atoms with Gasteiger partial charge >= 0.3 is 5.97 Å². The number of hydrogen-bond donors (Lipinski definition) is 0. The van der Waals surface area contributed by atoms with E-state index in [2.05, 4.69) is 0 Å². The number of ether oxygens (including phenoxy) is 5. The number of carbonyl (C=O) groups is 2. The highest BCUT2D eigenvalue weighted by atomic mass is 16.5. The molecule has 0 bridgehead atoms. The minimum Gasteiger partial charge on any atom is -0.493 e. The SMILES string of the molecule is COC(=O)C1=C(C)N(CCc2ccc(OC)c(OC)c2)C(=O)C1=Cc1ccc(OC)c(OC)c1. The normalized spacial score (nSPS) is 14.5. The molecule has 1 aliphatic heterocycles. The number of carbonyl (C=O) groups excluding carboxylic acids is 2. The largest absolute Gasteiger partial charge is 0.493 e. The lowest BCUT2D eigenvalue weighted by atomic mass is 10.0. The maximum Gasteiger partial charge on any atom is 0.340 e. The predicted molar refractivity (Wildman–Crippen MR) is 127 cm³/mol. The molecule has 0 saturated heterocycles. The number of methoxy groups -OCH3 is 5. The third-order valence-corrected chi connectivity index (χ3v) is 5.69. The second-order valence-electron chi connectivity index (χ2n) is 7.52. The standard InChI is InChI=1S/C26H29NO7/c1-16-24(26(29)34-6)19(13-18-8-10-21(31-3)23(15-18)33-5)25(28)27(16)12-11-17-7-9-20(30-2)22(14-17)32-4/h7-10,13-15H,11-12H2,1-6H3. The lowest BCUT2D eigenvalue weighted by molar-refractivity contribution is -0.136. The Bertz CT molecular complexity index is 1150. The van der Waals surface area contributed by atoms with E-state index < -0.39 is 5.97 Å². The van der Waals surface area contributed by atoms with Crippen LogP contribution in [0.1, 0.15) is 18.1 Å². The Morgan fingerprint density at radius 2 is 1.44 bits per heavy atom. The minimum absolute atomic E-state index is 0.245. The van der Waals surface area contributed by atoms with Gasteiger partial charge in [-0.15, -0.1) is 0 Å². The van der Waals surface area contributed by atoms with Gasteiger partial charge in [-0.2, -0.15) is 0 Å². The summed E-state index contributed by atoms with van der Waals surface area (Å²) in [7, 11) is 7.54. The van der Waals surface area contributed by atoms with Crippen LogP contribution in [0, 0.1) is 0 Å². The number of nitrogens with zero attached hydrogens (tertiary/aromatic N) is 1. The van der Waals surface area contributed by atoms with E-state index in [1.807, 2.05) is 18.2 Å². The number of benzene rings is 2. The van der Waals surface area contributed by atoms with Crippen LogP contribution in [-0.4, -0.2) is 58.9 Å². The van der Waals surface area contributed by atoms with E-state index in [0.717, 1.165) is 5.56 Å². The molecule has 2 aromatic rings. The Morgan fingerprint density at radius 3 is 2.03 bits per heavy atom. The average Bonchev–Trinajstić information content (AvgIpc) is 3.10. The van der Waals surface area contributed by atoms with Gasteiger partial charge in [0.25, 0.3) is 5.91 Å². The zero-order valence-corrected chi connectivity index (χ0v) is 20.3. The van der Waals surface area contributed by atoms with Crippen LogP contribution in [0.25, 0.3) is 6.08 Å². The van der Waals surface area contributed by atoms with Gasteiger partial charge < -0.3 is 28.6 Å². The molecule has 0 unspecified atom stereocenters. The zero-order valence-electron chi connectivity index (χ0n) is 20.3. The molecular formula is C26H29NO7. The molecule has 8 nitrogen and oxygen atoms in total. The summed E-state index contributed by atoms with van der Waals surface area (Å²) in [5, 5.41) is 0. The molecule has 180 valence electrons. The smallest absolute Gasteiger partial charge is 0.340 e. The van der Waals surface area contributed by atoms with E-state index in [1.54, 1.807) is 57.4 Å². The van der Waals surface area contributed by atoms with E-state index in [9.17, 15) is 9.59 Å². The van der Waals surface area contributed by atoms with Crippen molar-refractivity contribution in [2.75, 3.05) is 42.1 Å². The summed E-state index contributed by atoms with van der Waals surface area (Å²) in [5.41, 5.74) is 2.72. The summed E-state index contributed by atoms with van der Waals surface area (Å²) in [6.07, 6.45) is 2.22. The van der Waals surface area contributed by atoms with Crippen LogP contribution in [0.15, 0.2) is 53.2 Å². The summed E-state index contributed by atoms with van der Waals surface area (Å²) < 4.78 is 26.3. The van der Waals surface area contributed by atoms with Crippen LogP contribution in [-0.2, 0) is 20.7 Å². The Hall–Kier alpha value is -3.94. The summed E-state index contributed by atoms with van der Waals surface area (Å²) in [6, 6.07) is 10.9. The molecular weight excluding hydrogens is 438 g/mol. The van der Waals surface area contributed by atoms with E-state index in [-0.39, 0.29) is 17.1 Å². The van der Waals surface area contributed by atoms with Gasteiger partial charge in [0.05, 0.1) is 46.7 Å². The van der Waals surface area contributed by atoms with E-state index >= 15 is 0 Å². The maximum absolute atomic E-state index is 13.4. The molecule has 0 saturated carbocycles. The zero-order chi connectivity index (χ0) is 24.8. The van der Waals surface area contributed by atoms with Gasteiger partial charge in [0, 0.05) is 12.2 Å². The van der Waals surface area contributed by atoms with Crippen LogP contribution >= 0.6 is 0 Å². The van der Waals surface area contributed by atoms with Crippen molar-refractivity contribution in [1.82, 2.24) is 4.90 Å². The molecule has 0 aromatic heterocycles. The molecule has 34 heavy (non-hydrogen) atoms. The molecule has 0 fully saturated rings. The Labute approximate surface area is 199 Å². The van der Waals surface area contributed by atoms with Crippen molar-refractivity contribution >= 4 is 18.0 Å². The minimum atomic E-state index is -0.564. The van der Waals surface area contributed by atoms with Crippen molar-refractivity contribution in [3.05, 3.63) is 64.4 Å². The van der Waals surface area contributed by atoms with Crippen molar-refractivity contribution in [3.63, 3.8) is 0 Å². The molecule has 2 aromatic carbocycles. The molecule has 3 rings (SSSR count). The fourth-order valence-electron chi connectivity index (χ4n) is 3.88. The summed E-state index contributed by atoms with van der Waals surface area (Å²) >= 11 is 0. The monoisotopic (exact) mass is 467 g/mol. The van der Waals surface area contributed by atoms with E-state index in [4.69, 9.17) is 23.7 Å². The van der Waals surface area contributed by atoms with Gasteiger partial charge in [-0.05, 0) is 54.8 Å². The van der Waals surface area contributed by atoms with Crippen LogP contribution in [0.5, 0.6) is 23.0 Å². The number of esters is 1. The first-order chi connectivity index (χ1) is 16.4. The fourth-order valence-corrected chi connectivity index (χ4v) is 3.88. The summed E-state index contributed by atoms with van der Waals surface area (Å²) in [6.45, 7) is 2.12. The summed E-state index contributed by atoms with van der Waals surface area (Å²) in [5.74, 6) is 1.50. The van der Waals surface area contributed by atoms with Gasteiger partial charge in [-0.3, -0.25) is 4.79 Å². The maximum atomic E-state index is 13.4. The molecule has 1 amide bonds. The summed E-state index contributed by atoms with van der Waals surface area (Å²) in [4.78, 5) is 27.6. The second kappa shape index (κ2) is 10.8. The molecule has 8 heteroatoms. The molecule has 1 heterocycles. The van der Waals surface area contributed by atoms with Crippen LogP contribution in [0.2, 0.25) is 0 Å².